The molecule has 0 saturated heterocycles. The average Bonchev–Trinajstić information content (AvgIpc) is 3.74. The number of aryl methyl sites for hydroxylation is 2. The summed E-state index contributed by atoms with van der Waals surface area (Å²) in [5.41, 5.74) is 4.71. The molecule has 0 bridgehead atoms. The maximum Gasteiger partial charge on any atom is 0.273 e. The molecule has 6 aromatic rings. The van der Waals surface area contributed by atoms with Crippen LogP contribution in [-0.4, -0.2) is 32.4 Å². The van der Waals surface area contributed by atoms with E-state index >= 15 is 0 Å². The van der Waals surface area contributed by atoms with Gasteiger partial charge in [-0.1, -0.05) is 59.7 Å². The first kappa shape index (κ1) is 27.3. The van der Waals surface area contributed by atoms with E-state index in [2.05, 4.69) is 20.4 Å². The number of nitrogens with zero attached hydrogens (tertiary/aromatic N) is 1. The van der Waals surface area contributed by atoms with Gasteiger partial charge in [-0.05, 0) is 43.2 Å². The summed E-state index contributed by atoms with van der Waals surface area (Å²) < 4.78 is 11.8. The molecule has 3 aromatic heterocycles. The van der Waals surface area contributed by atoms with Gasteiger partial charge < -0.3 is 9.15 Å². The van der Waals surface area contributed by atoms with Crippen LogP contribution in [0.15, 0.2) is 92.9 Å². The highest BCUT2D eigenvalue weighted by atomic mass is 16.6. The van der Waals surface area contributed by atoms with Crippen LogP contribution in [0, 0.1) is 24.0 Å². The second-order valence-electron chi connectivity index (χ2n) is 10.2. The lowest BCUT2D eigenvalue weighted by atomic mass is 9.86. The molecular formula is C32H27N5O6. The van der Waals surface area contributed by atoms with Crippen molar-refractivity contribution >= 4 is 5.69 Å². The normalized spacial score (nSPS) is 11.3. The summed E-state index contributed by atoms with van der Waals surface area (Å²) in [4.78, 5) is 37.9. The maximum absolute atomic E-state index is 13.5. The van der Waals surface area contributed by atoms with Crippen molar-refractivity contribution < 1.29 is 14.1 Å². The fraction of sp³-hybridized carbons (Fsp3) is 0.125. The number of hydrogen-bond donors (Lipinski definition) is 4. The molecule has 216 valence electrons. The van der Waals surface area contributed by atoms with Gasteiger partial charge in [0.25, 0.3) is 16.8 Å². The highest BCUT2D eigenvalue weighted by Gasteiger charge is 2.33. The Balaban J connectivity index is 1.58. The number of ether oxygens (including phenoxy) is 1. The molecule has 0 unspecified atom stereocenters. The molecule has 0 aliphatic carbocycles. The van der Waals surface area contributed by atoms with E-state index in [0.717, 1.165) is 22.3 Å². The van der Waals surface area contributed by atoms with Crippen LogP contribution in [0.4, 0.5) is 5.69 Å². The zero-order valence-corrected chi connectivity index (χ0v) is 23.5. The minimum atomic E-state index is -0.949. The smallest absolute Gasteiger partial charge is 0.273 e. The number of aromatic nitrogens is 4. The van der Waals surface area contributed by atoms with Gasteiger partial charge in [0.1, 0.15) is 17.3 Å². The zero-order chi connectivity index (χ0) is 30.2. The van der Waals surface area contributed by atoms with Crippen molar-refractivity contribution in [3.63, 3.8) is 0 Å². The summed E-state index contributed by atoms with van der Waals surface area (Å²) in [5.74, 6) is -0.0477. The van der Waals surface area contributed by atoms with Crippen molar-refractivity contribution in [2.45, 2.75) is 19.8 Å². The predicted octanol–water partition coefficient (Wildman–Crippen LogP) is 6.03. The summed E-state index contributed by atoms with van der Waals surface area (Å²) >= 11 is 0. The topological polar surface area (TPSA) is 163 Å². The fourth-order valence-corrected chi connectivity index (χ4v) is 5.26. The van der Waals surface area contributed by atoms with Crippen molar-refractivity contribution in [2.24, 2.45) is 0 Å². The Kier molecular flexibility index (Phi) is 6.90. The van der Waals surface area contributed by atoms with E-state index in [-0.39, 0.29) is 11.4 Å². The van der Waals surface area contributed by atoms with Gasteiger partial charge in [-0.2, -0.15) is 0 Å². The van der Waals surface area contributed by atoms with Crippen LogP contribution in [0.1, 0.15) is 33.9 Å². The molecule has 0 aliphatic heterocycles. The Morgan fingerprint density at radius 2 is 1.28 bits per heavy atom. The standard InChI is InChI=1S/C32H27N5O6/c1-17-4-8-19(9-5-17)29-27(31(38)35-33-29)26(28-30(34-36-32(28)39)20-10-6-18(2)7-11-20)24-15-14-23(43-24)22-13-12-21(37(40)41)16-25(22)42-3/h4-16,26H,1-3H3,(H2,33,35,38)(H2,34,36,39). The Labute approximate surface area is 244 Å². The van der Waals surface area contributed by atoms with E-state index < -0.39 is 22.0 Å². The van der Waals surface area contributed by atoms with Crippen LogP contribution >= 0.6 is 0 Å². The first-order valence-electron chi connectivity index (χ1n) is 13.4. The number of methoxy groups -OCH3 is 1. The quantitative estimate of drug-likeness (QED) is 0.128. The largest absolute Gasteiger partial charge is 0.496 e. The molecule has 6 rings (SSSR count). The minimum Gasteiger partial charge on any atom is -0.496 e. The van der Waals surface area contributed by atoms with Crippen molar-refractivity contribution in [3.05, 3.63) is 138 Å². The summed E-state index contributed by atoms with van der Waals surface area (Å²) in [6.07, 6.45) is 0. The Morgan fingerprint density at radius 1 is 0.744 bits per heavy atom. The lowest BCUT2D eigenvalue weighted by molar-refractivity contribution is -0.384. The summed E-state index contributed by atoms with van der Waals surface area (Å²) in [6.45, 7) is 3.94. The van der Waals surface area contributed by atoms with E-state index in [1.165, 1.54) is 25.3 Å². The van der Waals surface area contributed by atoms with Crippen molar-refractivity contribution in [3.8, 4) is 39.6 Å². The molecule has 3 aromatic carbocycles. The van der Waals surface area contributed by atoms with Crippen LogP contribution < -0.4 is 15.9 Å². The van der Waals surface area contributed by atoms with Gasteiger partial charge in [-0.3, -0.25) is 40.1 Å². The third kappa shape index (κ3) is 4.97. The Hall–Kier alpha value is -5.84. The molecule has 0 aliphatic rings. The number of rotatable bonds is 8. The van der Waals surface area contributed by atoms with Gasteiger partial charge >= 0.3 is 0 Å². The van der Waals surface area contributed by atoms with Crippen molar-refractivity contribution in [1.29, 1.82) is 0 Å². The number of nitro benzene ring substituents is 1. The molecule has 43 heavy (non-hydrogen) atoms. The van der Waals surface area contributed by atoms with Gasteiger partial charge in [-0.25, -0.2) is 0 Å². The molecule has 0 spiro atoms. The average molecular weight is 578 g/mol. The molecule has 4 N–H and O–H groups in total. The number of aromatic amines is 4. The third-order valence-corrected chi connectivity index (χ3v) is 7.46. The van der Waals surface area contributed by atoms with E-state index in [4.69, 9.17) is 9.15 Å². The van der Waals surface area contributed by atoms with Crippen LogP contribution in [0.3, 0.4) is 0 Å². The lowest BCUT2D eigenvalue weighted by Crippen LogP contribution is -2.19. The molecule has 0 atom stereocenters. The zero-order valence-electron chi connectivity index (χ0n) is 23.5. The van der Waals surface area contributed by atoms with Crippen molar-refractivity contribution in [2.75, 3.05) is 7.11 Å². The van der Waals surface area contributed by atoms with Crippen LogP contribution in [0.25, 0.3) is 33.8 Å². The van der Waals surface area contributed by atoms with Gasteiger partial charge in [0.15, 0.2) is 0 Å². The molecule has 3 heterocycles. The number of furan rings is 1. The number of H-pyrrole nitrogens is 4. The van der Waals surface area contributed by atoms with Crippen LogP contribution in [0.5, 0.6) is 5.75 Å². The lowest BCUT2D eigenvalue weighted by Gasteiger charge is -2.15. The monoisotopic (exact) mass is 577 g/mol. The fourth-order valence-electron chi connectivity index (χ4n) is 5.26. The van der Waals surface area contributed by atoms with Gasteiger partial charge in [0, 0.05) is 6.07 Å². The summed E-state index contributed by atoms with van der Waals surface area (Å²) in [5, 5.41) is 22.7. The molecular weight excluding hydrogens is 550 g/mol. The second-order valence-corrected chi connectivity index (χ2v) is 10.2. The predicted molar refractivity (Wildman–Crippen MR) is 161 cm³/mol. The Morgan fingerprint density at radius 3 is 1.77 bits per heavy atom. The molecule has 0 radical (unpaired) electrons. The molecule has 0 saturated carbocycles. The maximum atomic E-state index is 13.5. The van der Waals surface area contributed by atoms with Crippen LogP contribution in [0.2, 0.25) is 0 Å². The summed E-state index contributed by atoms with van der Waals surface area (Å²) in [6, 6.07) is 22.9. The van der Waals surface area contributed by atoms with E-state index in [9.17, 15) is 19.7 Å². The summed E-state index contributed by atoms with van der Waals surface area (Å²) in [7, 11) is 1.41. The molecule has 11 heteroatoms. The number of hydrogen-bond acceptors (Lipinski definition) is 6. The molecule has 0 amide bonds. The second kappa shape index (κ2) is 10.9. The highest BCUT2D eigenvalue weighted by molar-refractivity contribution is 5.72. The van der Waals surface area contributed by atoms with E-state index in [0.29, 0.717) is 39.6 Å². The first-order chi connectivity index (χ1) is 20.7. The molecule has 0 fully saturated rings. The number of nitro groups is 1. The number of nitrogens with one attached hydrogen (secondary N) is 4. The SMILES string of the molecule is COc1cc([N+](=O)[O-])ccc1-c1ccc(C(c2c(-c3ccc(C)cc3)[nH][nH]c2=O)c2c(-c3ccc(C)cc3)[nH][nH]c2=O)o1. The molecule has 11 nitrogen and oxygen atoms in total. The van der Waals surface area contributed by atoms with Crippen LogP contribution in [-0.2, 0) is 0 Å². The van der Waals surface area contributed by atoms with E-state index in [1.54, 1.807) is 12.1 Å². The van der Waals surface area contributed by atoms with Gasteiger partial charge in [0.05, 0.1) is 52.1 Å². The third-order valence-electron chi connectivity index (χ3n) is 7.46. The van der Waals surface area contributed by atoms with Crippen molar-refractivity contribution in [1.82, 2.24) is 20.4 Å². The number of non-ortho nitro benzene ring substituents is 1. The first-order valence-corrected chi connectivity index (χ1v) is 13.4. The van der Waals surface area contributed by atoms with E-state index in [1.807, 2.05) is 62.4 Å². The Bertz CT molecular complexity index is 1960. The highest BCUT2D eigenvalue weighted by Crippen LogP contribution is 2.41. The van der Waals surface area contributed by atoms with Gasteiger partial charge in [-0.15, -0.1) is 0 Å². The number of benzene rings is 3. The van der Waals surface area contributed by atoms with Gasteiger partial charge in [0.2, 0.25) is 0 Å². The minimum absolute atomic E-state index is 0.131.